The fourth-order valence-corrected chi connectivity index (χ4v) is 3.64. The number of halogens is 1. The van der Waals surface area contributed by atoms with Gasteiger partial charge in [0.2, 0.25) is 0 Å². The maximum Gasteiger partial charge on any atom is 0.332 e. The van der Waals surface area contributed by atoms with Gasteiger partial charge in [-0.15, -0.1) is 0 Å². The lowest BCUT2D eigenvalue weighted by Crippen LogP contribution is -2.40. The van der Waals surface area contributed by atoms with E-state index < -0.39 is 0 Å². The number of rotatable bonds is 5. The second-order valence-corrected chi connectivity index (χ2v) is 7.30. The largest absolute Gasteiger partial charge is 0.356 e. The number of hydrogen-bond acceptors (Lipinski definition) is 5. The molecular weight excluding hydrogens is 375 g/mol. The van der Waals surface area contributed by atoms with Crippen molar-refractivity contribution in [2.24, 2.45) is 14.1 Å². The van der Waals surface area contributed by atoms with Gasteiger partial charge < -0.3 is 10.2 Å². The molecule has 0 aliphatic carbocycles. The standard InChI is InChI=1S/C20H23FN6O2/c1-24-18(9-19(28)25(2)20(24)29)26-8-7-15(13-26)22-10-14-11-23-27(12-14)17-6-4-3-5-16(17)21/h3-6,9,11-12,15,22H,7-8,10,13H2,1-2H3/t15-/m1/s1. The third kappa shape index (κ3) is 3.73. The monoisotopic (exact) mass is 398 g/mol. The molecule has 0 radical (unpaired) electrons. The van der Waals surface area contributed by atoms with Crippen molar-refractivity contribution in [3.8, 4) is 5.69 Å². The van der Waals surface area contributed by atoms with Crippen LogP contribution in [0.15, 0.2) is 52.3 Å². The molecule has 9 heteroatoms. The molecule has 1 aliphatic rings. The van der Waals surface area contributed by atoms with E-state index in [1.54, 1.807) is 31.4 Å². The topological polar surface area (TPSA) is 77.1 Å². The van der Waals surface area contributed by atoms with Gasteiger partial charge in [0.15, 0.2) is 0 Å². The molecule has 1 fully saturated rings. The zero-order valence-corrected chi connectivity index (χ0v) is 16.4. The summed E-state index contributed by atoms with van der Waals surface area (Å²) in [6.45, 7) is 2.05. The van der Waals surface area contributed by atoms with Crippen LogP contribution >= 0.6 is 0 Å². The summed E-state index contributed by atoms with van der Waals surface area (Å²) in [6, 6.07) is 8.23. The van der Waals surface area contributed by atoms with Crippen molar-refractivity contribution in [1.29, 1.82) is 0 Å². The second-order valence-electron chi connectivity index (χ2n) is 7.30. The molecule has 1 aliphatic heterocycles. The minimum Gasteiger partial charge on any atom is -0.356 e. The number of aromatic nitrogens is 4. The molecule has 152 valence electrons. The lowest BCUT2D eigenvalue weighted by Gasteiger charge is -2.21. The average molecular weight is 398 g/mol. The minimum atomic E-state index is -0.329. The van der Waals surface area contributed by atoms with Crippen LogP contribution in [0.5, 0.6) is 0 Å². The van der Waals surface area contributed by atoms with E-state index in [4.69, 9.17) is 0 Å². The van der Waals surface area contributed by atoms with E-state index in [9.17, 15) is 14.0 Å². The smallest absolute Gasteiger partial charge is 0.332 e. The van der Waals surface area contributed by atoms with Crippen LogP contribution in [0.4, 0.5) is 10.2 Å². The zero-order valence-electron chi connectivity index (χ0n) is 16.4. The van der Waals surface area contributed by atoms with Gasteiger partial charge in [-0.05, 0) is 18.6 Å². The van der Waals surface area contributed by atoms with Gasteiger partial charge in [-0.3, -0.25) is 13.9 Å². The summed E-state index contributed by atoms with van der Waals surface area (Å²) in [5.41, 5.74) is 0.731. The van der Waals surface area contributed by atoms with Crippen LogP contribution in [0, 0.1) is 5.82 Å². The number of nitrogens with zero attached hydrogens (tertiary/aromatic N) is 5. The minimum absolute atomic E-state index is 0.214. The quantitative estimate of drug-likeness (QED) is 0.687. The summed E-state index contributed by atoms with van der Waals surface area (Å²) in [5, 5.41) is 7.72. The molecule has 1 atom stereocenters. The second kappa shape index (κ2) is 7.67. The first-order chi connectivity index (χ1) is 13.9. The highest BCUT2D eigenvalue weighted by atomic mass is 19.1. The summed E-state index contributed by atoms with van der Waals surface area (Å²) in [6.07, 6.45) is 4.42. The van der Waals surface area contributed by atoms with Gasteiger partial charge in [-0.25, -0.2) is 13.9 Å². The van der Waals surface area contributed by atoms with Crippen molar-refractivity contribution in [1.82, 2.24) is 24.2 Å². The SMILES string of the molecule is Cn1c(N2CC[C@@H](NCc3cnn(-c4ccccc4F)c3)C2)cc(=O)n(C)c1=O. The summed E-state index contributed by atoms with van der Waals surface area (Å²) < 4.78 is 18.0. The summed E-state index contributed by atoms with van der Waals surface area (Å²) in [4.78, 5) is 26.2. The van der Waals surface area contributed by atoms with E-state index in [-0.39, 0.29) is 23.1 Å². The van der Waals surface area contributed by atoms with Crippen molar-refractivity contribution in [2.45, 2.75) is 19.0 Å². The summed E-state index contributed by atoms with van der Waals surface area (Å²) in [5.74, 6) is 0.316. The van der Waals surface area contributed by atoms with Crippen LogP contribution in [0.25, 0.3) is 5.69 Å². The lowest BCUT2D eigenvalue weighted by molar-refractivity contribution is 0.550. The lowest BCUT2D eigenvalue weighted by atomic mass is 10.2. The van der Waals surface area contributed by atoms with Gasteiger partial charge in [0.1, 0.15) is 17.3 Å². The first-order valence-corrected chi connectivity index (χ1v) is 9.48. The maximum absolute atomic E-state index is 13.9. The van der Waals surface area contributed by atoms with E-state index in [0.717, 1.165) is 23.1 Å². The molecular formula is C20H23FN6O2. The van der Waals surface area contributed by atoms with Crippen LogP contribution in [0.2, 0.25) is 0 Å². The number of para-hydroxylation sites is 1. The molecule has 0 saturated carbocycles. The van der Waals surface area contributed by atoms with E-state index in [0.29, 0.717) is 24.6 Å². The molecule has 3 aromatic rings. The summed E-state index contributed by atoms with van der Waals surface area (Å²) >= 11 is 0. The Morgan fingerprint density at radius 1 is 1.21 bits per heavy atom. The number of nitrogens with one attached hydrogen (secondary N) is 1. The highest BCUT2D eigenvalue weighted by Gasteiger charge is 2.24. The molecule has 8 nitrogen and oxygen atoms in total. The first kappa shape index (κ1) is 19.1. The molecule has 0 amide bonds. The number of anilines is 1. The Balaban J connectivity index is 1.40. The van der Waals surface area contributed by atoms with Crippen molar-refractivity contribution < 1.29 is 4.39 Å². The Morgan fingerprint density at radius 2 is 2.00 bits per heavy atom. The molecule has 0 unspecified atom stereocenters. The van der Waals surface area contributed by atoms with Gasteiger partial charge in [0, 0.05) is 57.6 Å². The van der Waals surface area contributed by atoms with E-state index in [1.165, 1.54) is 28.4 Å². The van der Waals surface area contributed by atoms with Crippen molar-refractivity contribution in [2.75, 3.05) is 18.0 Å². The highest BCUT2D eigenvalue weighted by molar-refractivity contribution is 5.40. The van der Waals surface area contributed by atoms with Gasteiger partial charge in [0.05, 0.1) is 6.20 Å². The Kier molecular flexibility index (Phi) is 5.06. The summed E-state index contributed by atoms with van der Waals surface area (Å²) in [7, 11) is 3.15. The van der Waals surface area contributed by atoms with Crippen molar-refractivity contribution in [3.63, 3.8) is 0 Å². The Hall–Kier alpha value is -3.20. The molecule has 1 saturated heterocycles. The van der Waals surface area contributed by atoms with Gasteiger partial charge in [0.25, 0.3) is 5.56 Å². The Bertz CT molecular complexity index is 1150. The van der Waals surface area contributed by atoms with E-state index in [1.807, 2.05) is 11.1 Å². The average Bonchev–Trinajstić information content (AvgIpc) is 3.37. The fourth-order valence-electron chi connectivity index (χ4n) is 3.64. The number of hydrogen-bond donors (Lipinski definition) is 1. The Labute approximate surface area is 166 Å². The molecule has 2 aromatic heterocycles. The Morgan fingerprint density at radius 3 is 2.79 bits per heavy atom. The van der Waals surface area contributed by atoms with Crippen LogP contribution in [0.3, 0.4) is 0 Å². The highest BCUT2D eigenvalue weighted by Crippen LogP contribution is 2.18. The van der Waals surface area contributed by atoms with Gasteiger partial charge in [-0.1, -0.05) is 12.1 Å². The molecule has 0 bridgehead atoms. The van der Waals surface area contributed by atoms with Crippen LogP contribution < -0.4 is 21.5 Å². The molecule has 1 N–H and O–H groups in total. The van der Waals surface area contributed by atoms with Crippen LogP contribution in [-0.2, 0) is 20.6 Å². The molecule has 4 rings (SSSR count). The van der Waals surface area contributed by atoms with E-state index in [2.05, 4.69) is 10.4 Å². The predicted octanol–water partition coefficient (Wildman–Crippen LogP) is 0.777. The van der Waals surface area contributed by atoms with Crippen molar-refractivity contribution >= 4 is 5.82 Å². The fraction of sp³-hybridized carbons (Fsp3) is 0.350. The van der Waals surface area contributed by atoms with E-state index >= 15 is 0 Å². The molecule has 1 aromatic carbocycles. The molecule has 0 spiro atoms. The van der Waals surface area contributed by atoms with Gasteiger partial charge in [-0.2, -0.15) is 5.10 Å². The third-order valence-corrected chi connectivity index (χ3v) is 5.34. The molecule has 3 heterocycles. The maximum atomic E-state index is 13.9. The third-order valence-electron chi connectivity index (χ3n) is 5.34. The van der Waals surface area contributed by atoms with Crippen LogP contribution in [0.1, 0.15) is 12.0 Å². The zero-order chi connectivity index (χ0) is 20.5. The first-order valence-electron chi connectivity index (χ1n) is 9.48. The predicted molar refractivity (Wildman–Crippen MR) is 108 cm³/mol. The van der Waals surface area contributed by atoms with Crippen molar-refractivity contribution in [3.05, 3.63) is 74.9 Å². The molecule has 29 heavy (non-hydrogen) atoms. The normalized spacial score (nSPS) is 16.5. The van der Waals surface area contributed by atoms with Gasteiger partial charge >= 0.3 is 5.69 Å². The van der Waals surface area contributed by atoms with Crippen LogP contribution in [-0.4, -0.2) is 38.0 Å². The number of benzene rings is 1.